The lowest BCUT2D eigenvalue weighted by atomic mass is 10.2. The third kappa shape index (κ3) is 6.97. The fourth-order valence-electron chi connectivity index (χ4n) is 2.96. The van der Waals surface area contributed by atoms with E-state index in [4.69, 9.17) is 0 Å². The highest BCUT2D eigenvalue weighted by atomic mass is 127. The summed E-state index contributed by atoms with van der Waals surface area (Å²) in [7, 11) is 0. The number of urea groups is 1. The molecule has 28 heavy (non-hydrogen) atoms. The number of hydrogen-bond donors (Lipinski definition) is 3. The third-order valence-electron chi connectivity index (χ3n) is 4.38. The maximum Gasteiger partial charge on any atom is 0.321 e. The normalized spacial score (nSPS) is 13.8. The zero-order valence-corrected chi connectivity index (χ0v) is 19.3. The second kappa shape index (κ2) is 11.9. The van der Waals surface area contributed by atoms with Crippen molar-refractivity contribution in [2.75, 3.05) is 25.0 Å². The van der Waals surface area contributed by atoms with Gasteiger partial charge in [0.25, 0.3) is 0 Å². The summed E-state index contributed by atoms with van der Waals surface area (Å²) in [5.41, 5.74) is 3.13. The standard InChI is InChI=1S/C20H27N5OS.HI/c1-2-21-19(23-14-17-8-11-27-15-17)22-13-16-6-5-7-18(12-16)24-20(26)25-9-3-4-10-25;/h5-8,11-12,15H,2-4,9-10,13-14H2,1H3,(H,24,26)(H2,21,22,23);1H. The minimum atomic E-state index is -0.0109. The van der Waals surface area contributed by atoms with Gasteiger partial charge in [0.1, 0.15) is 0 Å². The minimum absolute atomic E-state index is 0. The number of hydrogen-bond acceptors (Lipinski definition) is 3. The van der Waals surface area contributed by atoms with Gasteiger partial charge in [0.05, 0.1) is 6.54 Å². The highest BCUT2D eigenvalue weighted by molar-refractivity contribution is 14.0. The molecule has 1 aliphatic heterocycles. The van der Waals surface area contributed by atoms with Crippen LogP contribution in [-0.4, -0.2) is 36.5 Å². The van der Waals surface area contributed by atoms with Crippen LogP contribution in [0.15, 0.2) is 46.1 Å². The second-order valence-electron chi connectivity index (χ2n) is 6.51. The summed E-state index contributed by atoms with van der Waals surface area (Å²) < 4.78 is 0. The number of thiophene rings is 1. The molecule has 0 spiro atoms. The van der Waals surface area contributed by atoms with Crippen LogP contribution in [0.4, 0.5) is 10.5 Å². The minimum Gasteiger partial charge on any atom is -0.357 e. The number of carbonyl (C=O) groups excluding carboxylic acids is 1. The number of carbonyl (C=O) groups is 1. The number of likely N-dealkylation sites (tertiary alicyclic amines) is 1. The summed E-state index contributed by atoms with van der Waals surface area (Å²) in [6.45, 7) is 5.85. The predicted octanol–water partition coefficient (Wildman–Crippen LogP) is 4.25. The Kier molecular flexibility index (Phi) is 9.56. The van der Waals surface area contributed by atoms with E-state index in [0.717, 1.165) is 49.7 Å². The number of nitrogens with zero attached hydrogens (tertiary/aromatic N) is 2. The lowest BCUT2D eigenvalue weighted by molar-refractivity contribution is 0.222. The van der Waals surface area contributed by atoms with E-state index in [2.05, 4.69) is 44.7 Å². The molecule has 3 N–H and O–H groups in total. The Morgan fingerprint density at radius 3 is 2.71 bits per heavy atom. The van der Waals surface area contributed by atoms with Gasteiger partial charge in [-0.25, -0.2) is 9.79 Å². The molecule has 1 aromatic heterocycles. The Labute approximate surface area is 187 Å². The Morgan fingerprint density at radius 1 is 1.18 bits per heavy atom. The molecule has 2 aromatic rings. The first kappa shape index (κ1) is 22.5. The smallest absolute Gasteiger partial charge is 0.321 e. The van der Waals surface area contributed by atoms with Crippen molar-refractivity contribution in [3.05, 3.63) is 52.2 Å². The number of rotatable bonds is 6. The SMILES string of the molecule is CCNC(=NCc1ccsc1)NCc1cccc(NC(=O)N2CCCC2)c1.I. The second-order valence-corrected chi connectivity index (χ2v) is 7.29. The molecular formula is C20H28IN5OS. The van der Waals surface area contributed by atoms with Gasteiger partial charge in [-0.1, -0.05) is 12.1 Å². The van der Waals surface area contributed by atoms with Crippen LogP contribution >= 0.6 is 35.3 Å². The molecular weight excluding hydrogens is 485 g/mol. The molecule has 1 fully saturated rings. The molecule has 152 valence electrons. The first-order valence-corrected chi connectivity index (χ1v) is 10.4. The van der Waals surface area contributed by atoms with Crippen LogP contribution in [-0.2, 0) is 13.1 Å². The zero-order valence-electron chi connectivity index (χ0n) is 16.1. The van der Waals surface area contributed by atoms with Gasteiger partial charge >= 0.3 is 6.03 Å². The van der Waals surface area contributed by atoms with Gasteiger partial charge in [0.2, 0.25) is 0 Å². The number of amides is 2. The van der Waals surface area contributed by atoms with Crippen LogP contribution in [0.3, 0.4) is 0 Å². The zero-order chi connectivity index (χ0) is 18.9. The number of aliphatic imine (C=N–C) groups is 1. The molecule has 2 amide bonds. The molecule has 1 aliphatic rings. The monoisotopic (exact) mass is 513 g/mol. The lowest BCUT2D eigenvalue weighted by Crippen LogP contribution is -2.36. The van der Waals surface area contributed by atoms with Crippen LogP contribution in [0.25, 0.3) is 0 Å². The van der Waals surface area contributed by atoms with E-state index in [1.807, 2.05) is 29.2 Å². The topological polar surface area (TPSA) is 68.8 Å². The molecule has 0 saturated carbocycles. The number of benzene rings is 1. The number of guanidine groups is 1. The van der Waals surface area contributed by atoms with Crippen molar-refractivity contribution >= 4 is 53.0 Å². The van der Waals surface area contributed by atoms with Gasteiger partial charge in [0.15, 0.2) is 5.96 Å². The molecule has 0 radical (unpaired) electrons. The van der Waals surface area contributed by atoms with E-state index in [-0.39, 0.29) is 30.0 Å². The van der Waals surface area contributed by atoms with E-state index in [9.17, 15) is 4.79 Å². The number of halogens is 1. The van der Waals surface area contributed by atoms with Crippen molar-refractivity contribution < 1.29 is 4.79 Å². The van der Waals surface area contributed by atoms with Crippen LogP contribution in [0.2, 0.25) is 0 Å². The van der Waals surface area contributed by atoms with Crippen LogP contribution < -0.4 is 16.0 Å². The molecule has 0 bridgehead atoms. The van der Waals surface area contributed by atoms with Gasteiger partial charge in [-0.05, 0) is 59.9 Å². The predicted molar refractivity (Wildman–Crippen MR) is 128 cm³/mol. The molecule has 6 nitrogen and oxygen atoms in total. The van der Waals surface area contributed by atoms with Gasteiger partial charge in [0, 0.05) is 31.9 Å². The first-order valence-electron chi connectivity index (χ1n) is 9.42. The molecule has 2 heterocycles. The van der Waals surface area contributed by atoms with Crippen molar-refractivity contribution in [1.82, 2.24) is 15.5 Å². The van der Waals surface area contributed by atoms with Crippen molar-refractivity contribution in [1.29, 1.82) is 0 Å². The largest absolute Gasteiger partial charge is 0.357 e. The Hall–Kier alpha value is -1.81. The maximum atomic E-state index is 12.2. The van der Waals surface area contributed by atoms with Gasteiger partial charge < -0.3 is 20.9 Å². The molecule has 0 unspecified atom stereocenters. The van der Waals surface area contributed by atoms with Crippen molar-refractivity contribution in [2.24, 2.45) is 4.99 Å². The average molecular weight is 513 g/mol. The number of anilines is 1. The fraction of sp³-hybridized carbons (Fsp3) is 0.400. The molecule has 0 aliphatic carbocycles. The van der Waals surface area contributed by atoms with Crippen molar-refractivity contribution in [3.8, 4) is 0 Å². The Morgan fingerprint density at radius 2 is 2.00 bits per heavy atom. The molecule has 1 saturated heterocycles. The Balaban J connectivity index is 0.00000280. The van der Waals surface area contributed by atoms with E-state index in [1.165, 1.54) is 5.56 Å². The summed E-state index contributed by atoms with van der Waals surface area (Å²) >= 11 is 1.68. The highest BCUT2D eigenvalue weighted by Gasteiger charge is 2.17. The van der Waals surface area contributed by atoms with E-state index < -0.39 is 0 Å². The number of nitrogens with one attached hydrogen (secondary N) is 3. The molecule has 0 atom stereocenters. The fourth-order valence-corrected chi connectivity index (χ4v) is 3.62. The third-order valence-corrected chi connectivity index (χ3v) is 5.11. The van der Waals surface area contributed by atoms with Crippen LogP contribution in [0.5, 0.6) is 0 Å². The summed E-state index contributed by atoms with van der Waals surface area (Å²) in [5.74, 6) is 0.787. The molecule has 8 heteroatoms. The van der Waals surface area contributed by atoms with Crippen LogP contribution in [0, 0.1) is 0 Å². The molecule has 1 aromatic carbocycles. The van der Waals surface area contributed by atoms with E-state index in [0.29, 0.717) is 13.1 Å². The first-order chi connectivity index (χ1) is 13.2. The molecule has 3 rings (SSSR count). The van der Waals surface area contributed by atoms with E-state index in [1.54, 1.807) is 11.3 Å². The van der Waals surface area contributed by atoms with Gasteiger partial charge in [-0.2, -0.15) is 11.3 Å². The summed E-state index contributed by atoms with van der Waals surface area (Å²) in [6, 6.07) is 10.0. The highest BCUT2D eigenvalue weighted by Crippen LogP contribution is 2.14. The lowest BCUT2D eigenvalue weighted by Gasteiger charge is -2.17. The van der Waals surface area contributed by atoms with Crippen LogP contribution in [0.1, 0.15) is 30.9 Å². The quantitative estimate of drug-likeness (QED) is 0.308. The van der Waals surface area contributed by atoms with Gasteiger partial charge in [-0.15, -0.1) is 24.0 Å². The summed E-state index contributed by atoms with van der Waals surface area (Å²) in [6.07, 6.45) is 2.19. The van der Waals surface area contributed by atoms with Crippen molar-refractivity contribution in [3.63, 3.8) is 0 Å². The summed E-state index contributed by atoms with van der Waals surface area (Å²) in [4.78, 5) is 18.7. The Bertz CT molecular complexity index is 760. The summed E-state index contributed by atoms with van der Waals surface area (Å²) in [5, 5.41) is 13.8. The average Bonchev–Trinajstić information content (AvgIpc) is 3.38. The van der Waals surface area contributed by atoms with E-state index >= 15 is 0 Å². The van der Waals surface area contributed by atoms with Gasteiger partial charge in [-0.3, -0.25) is 0 Å². The maximum absolute atomic E-state index is 12.2. The van der Waals surface area contributed by atoms with Crippen molar-refractivity contribution in [2.45, 2.75) is 32.9 Å².